The van der Waals surface area contributed by atoms with E-state index in [0.29, 0.717) is 19.7 Å². The minimum atomic E-state index is -0.193. The van der Waals surface area contributed by atoms with Crippen LogP contribution in [0.1, 0.15) is 37.6 Å². The second-order valence-electron chi connectivity index (χ2n) is 5.22. The molecule has 0 aromatic carbocycles. The topological polar surface area (TPSA) is 58.6 Å². The summed E-state index contributed by atoms with van der Waals surface area (Å²) < 4.78 is 5.05. The van der Waals surface area contributed by atoms with Crippen molar-refractivity contribution in [3.8, 4) is 0 Å². The van der Waals surface area contributed by atoms with Crippen LogP contribution in [0.15, 0.2) is 17.5 Å². The Balaban J connectivity index is 1.88. The zero-order valence-corrected chi connectivity index (χ0v) is 13.3. The van der Waals surface area contributed by atoms with Crippen LogP contribution in [0.5, 0.6) is 0 Å². The van der Waals surface area contributed by atoms with Gasteiger partial charge in [-0.2, -0.15) is 0 Å². The summed E-state index contributed by atoms with van der Waals surface area (Å²) in [6, 6.07) is 3.86. The molecule has 0 radical (unpaired) electrons. The van der Waals surface area contributed by atoms with Crippen molar-refractivity contribution >= 4 is 23.3 Å². The van der Waals surface area contributed by atoms with E-state index >= 15 is 0 Å². The Hall–Kier alpha value is -1.56. The lowest BCUT2D eigenvalue weighted by atomic mass is 9.98. The Bertz CT molecular complexity index is 475. The molecule has 1 aliphatic rings. The predicted molar refractivity (Wildman–Crippen MR) is 82.2 cm³/mol. The molecule has 1 aromatic heterocycles. The molecule has 1 fully saturated rings. The fourth-order valence-electron chi connectivity index (χ4n) is 2.50. The largest absolute Gasteiger partial charge is 0.466 e. The van der Waals surface area contributed by atoms with E-state index in [1.54, 1.807) is 23.2 Å². The minimum Gasteiger partial charge on any atom is -0.466 e. The molecule has 0 bridgehead atoms. The Morgan fingerprint density at radius 2 is 2.38 bits per heavy atom. The number of ether oxygens (including phenoxy) is 1. The van der Waals surface area contributed by atoms with E-state index in [9.17, 15) is 9.59 Å². The van der Waals surface area contributed by atoms with E-state index < -0.39 is 0 Å². The van der Waals surface area contributed by atoms with Crippen LogP contribution < -0.4 is 5.32 Å². The molecule has 2 amide bonds. The van der Waals surface area contributed by atoms with E-state index in [2.05, 4.69) is 5.32 Å². The van der Waals surface area contributed by atoms with Crippen LogP contribution in [0.2, 0.25) is 0 Å². The first-order valence-corrected chi connectivity index (χ1v) is 8.25. The van der Waals surface area contributed by atoms with Gasteiger partial charge < -0.3 is 15.0 Å². The van der Waals surface area contributed by atoms with Crippen molar-refractivity contribution in [3.05, 3.63) is 22.4 Å². The first kappa shape index (κ1) is 15.8. The monoisotopic (exact) mass is 310 g/mol. The molecule has 2 rings (SSSR count). The van der Waals surface area contributed by atoms with Gasteiger partial charge in [-0.25, -0.2) is 4.79 Å². The number of hydrogen-bond donors (Lipinski definition) is 1. The van der Waals surface area contributed by atoms with Gasteiger partial charge in [-0.15, -0.1) is 11.3 Å². The Labute approximate surface area is 129 Å². The SMILES string of the molecule is CCOC(=O)[C@H]1CCCN(C(=O)N[C@@H](C)c2cccs2)C1. The fraction of sp³-hybridized carbons (Fsp3) is 0.600. The predicted octanol–water partition coefficient (Wildman–Crippen LogP) is 2.79. The van der Waals surface area contributed by atoms with Crippen LogP contribution in [-0.2, 0) is 9.53 Å². The molecule has 0 saturated carbocycles. The van der Waals surface area contributed by atoms with Crippen molar-refractivity contribution in [2.24, 2.45) is 5.92 Å². The lowest BCUT2D eigenvalue weighted by molar-refractivity contribution is -0.149. The third-order valence-corrected chi connectivity index (χ3v) is 4.69. The number of likely N-dealkylation sites (tertiary alicyclic amines) is 1. The maximum absolute atomic E-state index is 12.3. The number of hydrogen-bond acceptors (Lipinski definition) is 4. The number of urea groups is 1. The zero-order chi connectivity index (χ0) is 15.2. The van der Waals surface area contributed by atoms with Gasteiger partial charge >= 0.3 is 12.0 Å². The van der Waals surface area contributed by atoms with Gasteiger partial charge in [0.05, 0.1) is 18.6 Å². The molecule has 1 N–H and O–H groups in total. The molecule has 21 heavy (non-hydrogen) atoms. The molecule has 2 heterocycles. The van der Waals surface area contributed by atoms with Gasteiger partial charge in [0.2, 0.25) is 0 Å². The van der Waals surface area contributed by atoms with Gasteiger partial charge in [-0.1, -0.05) is 6.07 Å². The minimum absolute atomic E-state index is 0.0135. The summed E-state index contributed by atoms with van der Waals surface area (Å²) in [6.45, 7) is 5.29. The Kier molecular flexibility index (Phi) is 5.61. The number of amides is 2. The number of nitrogens with one attached hydrogen (secondary N) is 1. The van der Waals surface area contributed by atoms with Crippen molar-refractivity contribution in [1.29, 1.82) is 0 Å². The van der Waals surface area contributed by atoms with Crippen LogP contribution in [0.4, 0.5) is 4.79 Å². The van der Waals surface area contributed by atoms with Gasteiger partial charge in [0.1, 0.15) is 0 Å². The van der Waals surface area contributed by atoms with E-state index in [0.717, 1.165) is 17.7 Å². The molecule has 0 unspecified atom stereocenters. The number of carbonyl (C=O) groups excluding carboxylic acids is 2. The second kappa shape index (κ2) is 7.45. The molecule has 0 aliphatic carbocycles. The summed E-state index contributed by atoms with van der Waals surface area (Å²) in [5.74, 6) is -0.386. The van der Waals surface area contributed by atoms with Gasteiger partial charge in [0.15, 0.2) is 0 Å². The number of thiophene rings is 1. The van der Waals surface area contributed by atoms with E-state index in [1.165, 1.54) is 0 Å². The highest BCUT2D eigenvalue weighted by molar-refractivity contribution is 7.10. The molecule has 5 nitrogen and oxygen atoms in total. The molecule has 1 saturated heterocycles. The molecule has 0 spiro atoms. The number of carbonyl (C=O) groups is 2. The molecule has 6 heteroatoms. The maximum Gasteiger partial charge on any atom is 0.317 e. The lowest BCUT2D eigenvalue weighted by Crippen LogP contribution is -2.47. The summed E-state index contributed by atoms with van der Waals surface area (Å²) >= 11 is 1.62. The molecular weight excluding hydrogens is 288 g/mol. The van der Waals surface area contributed by atoms with Crippen molar-refractivity contribution in [2.45, 2.75) is 32.7 Å². The van der Waals surface area contributed by atoms with Crippen LogP contribution in [-0.4, -0.2) is 36.6 Å². The average molecular weight is 310 g/mol. The van der Waals surface area contributed by atoms with Crippen molar-refractivity contribution in [2.75, 3.05) is 19.7 Å². The van der Waals surface area contributed by atoms with Crippen molar-refractivity contribution in [1.82, 2.24) is 10.2 Å². The van der Waals surface area contributed by atoms with Crippen LogP contribution >= 0.6 is 11.3 Å². The highest BCUT2D eigenvalue weighted by Gasteiger charge is 2.29. The van der Waals surface area contributed by atoms with Gasteiger partial charge in [-0.3, -0.25) is 4.79 Å². The maximum atomic E-state index is 12.3. The van der Waals surface area contributed by atoms with Gasteiger partial charge in [0.25, 0.3) is 0 Å². The summed E-state index contributed by atoms with van der Waals surface area (Å²) in [5.41, 5.74) is 0. The highest BCUT2D eigenvalue weighted by Crippen LogP contribution is 2.21. The molecule has 116 valence electrons. The van der Waals surface area contributed by atoms with Crippen LogP contribution in [0, 0.1) is 5.92 Å². The average Bonchev–Trinajstić information content (AvgIpc) is 3.02. The summed E-state index contributed by atoms with van der Waals surface area (Å²) in [6.07, 6.45) is 1.63. The van der Waals surface area contributed by atoms with E-state index in [1.807, 2.05) is 24.4 Å². The third kappa shape index (κ3) is 4.20. The normalized spacial score (nSPS) is 19.9. The smallest absolute Gasteiger partial charge is 0.317 e. The van der Waals surface area contributed by atoms with E-state index in [4.69, 9.17) is 4.74 Å². The number of esters is 1. The molecule has 1 aromatic rings. The Morgan fingerprint density at radius 3 is 3.05 bits per heavy atom. The second-order valence-corrected chi connectivity index (χ2v) is 6.20. The summed E-state index contributed by atoms with van der Waals surface area (Å²) in [5, 5.41) is 4.98. The lowest BCUT2D eigenvalue weighted by Gasteiger charge is -2.32. The number of piperidine rings is 1. The zero-order valence-electron chi connectivity index (χ0n) is 12.5. The summed E-state index contributed by atoms with van der Waals surface area (Å²) in [7, 11) is 0. The first-order chi connectivity index (χ1) is 10.1. The quantitative estimate of drug-likeness (QED) is 0.870. The molecule has 2 atom stereocenters. The number of rotatable bonds is 4. The van der Waals surface area contributed by atoms with Crippen LogP contribution in [0.3, 0.4) is 0 Å². The summed E-state index contributed by atoms with van der Waals surface area (Å²) in [4.78, 5) is 26.9. The highest BCUT2D eigenvalue weighted by atomic mass is 32.1. The molecular formula is C15H22N2O3S. The fourth-order valence-corrected chi connectivity index (χ4v) is 3.23. The third-order valence-electron chi connectivity index (χ3n) is 3.64. The first-order valence-electron chi connectivity index (χ1n) is 7.37. The van der Waals surface area contributed by atoms with Gasteiger partial charge in [-0.05, 0) is 38.1 Å². The van der Waals surface area contributed by atoms with E-state index in [-0.39, 0.29) is 24.0 Å². The van der Waals surface area contributed by atoms with Gasteiger partial charge in [0, 0.05) is 18.0 Å². The standard InChI is InChI=1S/C15H22N2O3S/c1-3-20-14(18)12-6-4-8-17(10-12)15(19)16-11(2)13-7-5-9-21-13/h5,7,9,11-12H,3-4,6,8,10H2,1-2H3,(H,16,19)/t11-,12-/m0/s1. The number of nitrogens with zero attached hydrogens (tertiary/aromatic N) is 1. The molecule has 1 aliphatic heterocycles. The van der Waals surface area contributed by atoms with Crippen LogP contribution in [0.25, 0.3) is 0 Å². The Morgan fingerprint density at radius 1 is 1.57 bits per heavy atom. The van der Waals surface area contributed by atoms with Crippen molar-refractivity contribution in [3.63, 3.8) is 0 Å². The van der Waals surface area contributed by atoms with Crippen molar-refractivity contribution < 1.29 is 14.3 Å².